The highest BCUT2D eigenvalue weighted by atomic mass is 79.9. The Morgan fingerprint density at radius 2 is 2.00 bits per heavy atom. The van der Waals surface area contributed by atoms with Gasteiger partial charge in [0.1, 0.15) is 18.2 Å². The molecule has 0 saturated carbocycles. The third kappa shape index (κ3) is 3.71. The summed E-state index contributed by atoms with van der Waals surface area (Å²) in [6.07, 6.45) is 0. The van der Waals surface area contributed by atoms with Crippen molar-refractivity contribution in [1.29, 1.82) is 0 Å². The molecule has 2 aromatic rings. The summed E-state index contributed by atoms with van der Waals surface area (Å²) in [5.41, 5.74) is 5.63. The summed E-state index contributed by atoms with van der Waals surface area (Å²) < 4.78 is 31.5. The summed E-state index contributed by atoms with van der Waals surface area (Å²) in [6, 6.07) is 5.97. The van der Waals surface area contributed by atoms with Crippen LogP contribution < -0.4 is 5.73 Å². The average Bonchev–Trinajstić information content (AvgIpc) is 2.43. The summed E-state index contributed by atoms with van der Waals surface area (Å²) in [4.78, 5) is 11.9. The Hall–Kier alpha value is -1.66. The second-order valence-electron chi connectivity index (χ2n) is 4.17. The van der Waals surface area contributed by atoms with Gasteiger partial charge in [0.2, 0.25) is 0 Å². The zero-order valence-corrected chi connectivity index (χ0v) is 12.8. The molecule has 0 amide bonds. The SMILES string of the molecule is Nc1cc(C(=O)OCc2cc(F)ccc2Cl)c(Br)cc1F. The molecule has 0 heterocycles. The topological polar surface area (TPSA) is 52.3 Å². The molecule has 110 valence electrons. The Kier molecular flexibility index (Phi) is 4.80. The first-order valence-corrected chi connectivity index (χ1v) is 6.91. The first-order chi connectivity index (χ1) is 9.88. The number of halogens is 4. The Balaban J connectivity index is 2.15. The van der Waals surface area contributed by atoms with Crippen LogP contribution in [0, 0.1) is 11.6 Å². The molecule has 0 aliphatic carbocycles. The van der Waals surface area contributed by atoms with E-state index < -0.39 is 17.6 Å². The number of ether oxygens (including phenoxy) is 1. The Bertz CT molecular complexity index is 710. The van der Waals surface area contributed by atoms with Crippen LogP contribution in [-0.4, -0.2) is 5.97 Å². The van der Waals surface area contributed by atoms with Gasteiger partial charge in [-0.1, -0.05) is 11.6 Å². The quantitative estimate of drug-likeness (QED) is 0.641. The van der Waals surface area contributed by atoms with Gasteiger partial charge in [-0.15, -0.1) is 0 Å². The Morgan fingerprint density at radius 1 is 1.29 bits per heavy atom. The van der Waals surface area contributed by atoms with Crippen LogP contribution in [0.1, 0.15) is 15.9 Å². The summed E-state index contributed by atoms with van der Waals surface area (Å²) in [6.45, 7) is -0.209. The lowest BCUT2D eigenvalue weighted by atomic mass is 10.2. The molecule has 2 rings (SSSR count). The number of nitrogens with two attached hydrogens (primary N) is 1. The van der Waals surface area contributed by atoms with Crippen molar-refractivity contribution in [2.45, 2.75) is 6.61 Å². The molecule has 21 heavy (non-hydrogen) atoms. The van der Waals surface area contributed by atoms with Crippen LogP contribution in [0.15, 0.2) is 34.8 Å². The summed E-state index contributed by atoms with van der Waals surface area (Å²) in [5.74, 6) is -1.86. The van der Waals surface area contributed by atoms with Crippen molar-refractivity contribution in [2.24, 2.45) is 0 Å². The fraction of sp³-hybridized carbons (Fsp3) is 0.0714. The molecule has 2 N–H and O–H groups in total. The molecule has 0 bridgehead atoms. The maximum atomic E-state index is 13.2. The van der Waals surface area contributed by atoms with Crippen LogP contribution in [0.2, 0.25) is 5.02 Å². The molecular weight excluding hydrogens is 368 g/mol. The molecule has 0 fully saturated rings. The molecule has 0 spiro atoms. The first-order valence-electron chi connectivity index (χ1n) is 5.74. The van der Waals surface area contributed by atoms with Crippen molar-refractivity contribution in [3.63, 3.8) is 0 Å². The van der Waals surface area contributed by atoms with E-state index in [4.69, 9.17) is 22.1 Å². The van der Waals surface area contributed by atoms with E-state index in [-0.39, 0.29) is 27.4 Å². The highest BCUT2D eigenvalue weighted by Crippen LogP contribution is 2.24. The van der Waals surface area contributed by atoms with Crippen LogP contribution in [-0.2, 0) is 11.3 Å². The molecule has 0 aromatic heterocycles. The van der Waals surface area contributed by atoms with E-state index in [0.717, 1.165) is 12.1 Å². The second kappa shape index (κ2) is 6.41. The maximum Gasteiger partial charge on any atom is 0.339 e. The minimum absolute atomic E-state index is 0.0708. The molecular formula is C14H9BrClF2NO2. The van der Waals surface area contributed by atoms with E-state index in [9.17, 15) is 13.6 Å². The molecule has 0 radical (unpaired) electrons. The number of benzene rings is 2. The predicted octanol–water partition coefficient (Wildman–Crippen LogP) is 4.32. The number of rotatable bonds is 3. The maximum absolute atomic E-state index is 13.2. The van der Waals surface area contributed by atoms with Crippen LogP contribution in [0.5, 0.6) is 0 Å². The molecule has 0 unspecified atom stereocenters. The van der Waals surface area contributed by atoms with Gasteiger partial charge in [-0.05, 0) is 46.3 Å². The second-order valence-corrected chi connectivity index (χ2v) is 5.43. The van der Waals surface area contributed by atoms with E-state index in [1.165, 1.54) is 18.2 Å². The molecule has 0 atom stereocenters. The predicted molar refractivity (Wildman–Crippen MR) is 79.0 cm³/mol. The van der Waals surface area contributed by atoms with Crippen LogP contribution >= 0.6 is 27.5 Å². The summed E-state index contributed by atoms with van der Waals surface area (Å²) in [7, 11) is 0. The number of anilines is 1. The van der Waals surface area contributed by atoms with E-state index in [0.29, 0.717) is 5.56 Å². The van der Waals surface area contributed by atoms with Gasteiger partial charge in [0.15, 0.2) is 0 Å². The lowest BCUT2D eigenvalue weighted by Crippen LogP contribution is -2.08. The third-order valence-corrected chi connectivity index (χ3v) is 3.70. The molecule has 0 aliphatic heterocycles. The fourth-order valence-corrected chi connectivity index (χ4v) is 2.25. The van der Waals surface area contributed by atoms with Gasteiger partial charge in [-0.3, -0.25) is 0 Å². The molecule has 0 saturated heterocycles. The van der Waals surface area contributed by atoms with E-state index in [1.54, 1.807) is 0 Å². The number of nitrogen functional groups attached to an aromatic ring is 1. The number of carbonyl (C=O) groups is 1. The number of hydrogen-bond acceptors (Lipinski definition) is 3. The van der Waals surface area contributed by atoms with Crippen molar-refractivity contribution in [1.82, 2.24) is 0 Å². The van der Waals surface area contributed by atoms with Gasteiger partial charge in [0, 0.05) is 15.1 Å². The first kappa shape index (κ1) is 15.7. The third-order valence-electron chi connectivity index (χ3n) is 2.67. The smallest absolute Gasteiger partial charge is 0.339 e. The van der Waals surface area contributed by atoms with Crippen molar-refractivity contribution in [2.75, 3.05) is 5.73 Å². The van der Waals surface area contributed by atoms with E-state index in [1.807, 2.05) is 0 Å². The van der Waals surface area contributed by atoms with Crippen molar-refractivity contribution < 1.29 is 18.3 Å². The van der Waals surface area contributed by atoms with Gasteiger partial charge in [-0.25, -0.2) is 13.6 Å². The normalized spacial score (nSPS) is 10.5. The monoisotopic (exact) mass is 375 g/mol. The number of carbonyl (C=O) groups excluding carboxylic acids is 1. The zero-order valence-electron chi connectivity index (χ0n) is 10.5. The van der Waals surface area contributed by atoms with Gasteiger partial charge in [0.25, 0.3) is 0 Å². The standard InChI is InChI=1S/C14H9BrClF2NO2/c15-10-5-12(18)13(19)4-9(10)14(20)21-6-7-3-8(17)1-2-11(7)16/h1-5H,6,19H2. The van der Waals surface area contributed by atoms with E-state index in [2.05, 4.69) is 15.9 Å². The molecule has 3 nitrogen and oxygen atoms in total. The van der Waals surface area contributed by atoms with Crippen LogP contribution in [0.3, 0.4) is 0 Å². The van der Waals surface area contributed by atoms with Gasteiger partial charge in [-0.2, -0.15) is 0 Å². The highest BCUT2D eigenvalue weighted by Gasteiger charge is 2.15. The highest BCUT2D eigenvalue weighted by molar-refractivity contribution is 9.10. The van der Waals surface area contributed by atoms with Gasteiger partial charge in [0.05, 0.1) is 11.3 Å². The average molecular weight is 377 g/mol. The van der Waals surface area contributed by atoms with E-state index >= 15 is 0 Å². The molecule has 0 aliphatic rings. The number of hydrogen-bond donors (Lipinski definition) is 1. The Morgan fingerprint density at radius 3 is 2.71 bits per heavy atom. The van der Waals surface area contributed by atoms with Gasteiger partial charge >= 0.3 is 5.97 Å². The van der Waals surface area contributed by atoms with Crippen LogP contribution in [0.4, 0.5) is 14.5 Å². The fourth-order valence-electron chi connectivity index (χ4n) is 1.60. The number of esters is 1. The largest absolute Gasteiger partial charge is 0.457 e. The lowest BCUT2D eigenvalue weighted by molar-refractivity contribution is 0.0471. The Labute approximate surface area is 132 Å². The molecule has 7 heteroatoms. The van der Waals surface area contributed by atoms with Gasteiger partial charge < -0.3 is 10.5 Å². The van der Waals surface area contributed by atoms with Crippen molar-refractivity contribution >= 4 is 39.2 Å². The van der Waals surface area contributed by atoms with Crippen LogP contribution in [0.25, 0.3) is 0 Å². The minimum atomic E-state index is -0.728. The van der Waals surface area contributed by atoms with Crippen molar-refractivity contribution in [3.05, 3.63) is 62.6 Å². The zero-order chi connectivity index (χ0) is 15.6. The lowest BCUT2D eigenvalue weighted by Gasteiger charge is -2.09. The summed E-state index contributed by atoms with van der Waals surface area (Å²) >= 11 is 8.92. The minimum Gasteiger partial charge on any atom is -0.457 e. The van der Waals surface area contributed by atoms with Crippen molar-refractivity contribution in [3.8, 4) is 0 Å². The molecule has 2 aromatic carbocycles. The summed E-state index contributed by atoms with van der Waals surface area (Å²) in [5, 5.41) is 0.280.